The normalized spacial score (nSPS) is 16.8. The highest BCUT2D eigenvalue weighted by Crippen LogP contribution is 2.45. The first-order valence-electron chi connectivity index (χ1n) is 6.43. The van der Waals surface area contributed by atoms with E-state index in [2.05, 4.69) is 32.0 Å². The summed E-state index contributed by atoms with van der Waals surface area (Å²) in [5.74, 6) is 0.138. The van der Waals surface area contributed by atoms with Crippen LogP contribution in [0.25, 0.3) is 0 Å². The van der Waals surface area contributed by atoms with Crippen molar-refractivity contribution >= 4 is 5.97 Å². The maximum absolute atomic E-state index is 11.0. The van der Waals surface area contributed by atoms with E-state index in [1.807, 2.05) is 0 Å². The van der Waals surface area contributed by atoms with Crippen molar-refractivity contribution in [1.29, 1.82) is 0 Å². The largest absolute Gasteiger partial charge is 0.481 e. The molecule has 0 bridgehead atoms. The Labute approximate surface area is 103 Å². The molecule has 1 fully saturated rings. The summed E-state index contributed by atoms with van der Waals surface area (Å²) in [4.78, 5) is 11.0. The lowest BCUT2D eigenvalue weighted by molar-refractivity contribution is -0.137. The van der Waals surface area contributed by atoms with Crippen LogP contribution < -0.4 is 0 Å². The second kappa shape index (κ2) is 4.91. The van der Waals surface area contributed by atoms with E-state index in [4.69, 9.17) is 5.11 Å². The fourth-order valence-electron chi connectivity index (χ4n) is 2.53. The lowest BCUT2D eigenvalue weighted by Crippen LogP contribution is -2.10. The van der Waals surface area contributed by atoms with E-state index >= 15 is 0 Å². The van der Waals surface area contributed by atoms with E-state index in [1.54, 1.807) is 0 Å². The molecule has 1 aromatic carbocycles. The van der Waals surface area contributed by atoms with Crippen LogP contribution in [0.15, 0.2) is 18.2 Å². The molecule has 1 N–H and O–H groups in total. The Morgan fingerprint density at radius 2 is 2.18 bits per heavy atom. The number of hydrogen-bond donors (Lipinski definition) is 1. The average molecular weight is 232 g/mol. The molecule has 2 heteroatoms. The van der Waals surface area contributed by atoms with Crippen LogP contribution in [0.4, 0.5) is 0 Å². The monoisotopic (exact) mass is 232 g/mol. The summed E-state index contributed by atoms with van der Waals surface area (Å²) in [7, 11) is 0. The van der Waals surface area contributed by atoms with Crippen LogP contribution in [-0.4, -0.2) is 11.1 Å². The van der Waals surface area contributed by atoms with Gasteiger partial charge >= 0.3 is 5.97 Å². The molecule has 92 valence electrons. The SMILES string of the molecule is CCc1ccc(C)c(C(CC(=O)O)C2CC2)c1. The highest BCUT2D eigenvalue weighted by atomic mass is 16.4. The molecule has 0 aromatic heterocycles. The molecule has 0 saturated heterocycles. The Kier molecular flexibility index (Phi) is 3.51. The summed E-state index contributed by atoms with van der Waals surface area (Å²) in [6, 6.07) is 6.48. The van der Waals surface area contributed by atoms with Gasteiger partial charge in [-0.15, -0.1) is 0 Å². The summed E-state index contributed by atoms with van der Waals surface area (Å²) in [6.45, 7) is 4.23. The molecule has 0 heterocycles. The molecular formula is C15H20O2. The summed E-state index contributed by atoms with van der Waals surface area (Å²) in [5, 5.41) is 9.04. The van der Waals surface area contributed by atoms with Crippen LogP contribution in [0, 0.1) is 12.8 Å². The molecule has 0 spiro atoms. The molecule has 1 unspecified atom stereocenters. The van der Waals surface area contributed by atoms with E-state index in [9.17, 15) is 4.79 Å². The van der Waals surface area contributed by atoms with E-state index in [0.29, 0.717) is 5.92 Å². The van der Waals surface area contributed by atoms with Crippen molar-refractivity contribution in [3.8, 4) is 0 Å². The van der Waals surface area contributed by atoms with E-state index in [1.165, 1.54) is 29.5 Å². The van der Waals surface area contributed by atoms with Gasteiger partial charge in [-0.2, -0.15) is 0 Å². The van der Waals surface area contributed by atoms with Gasteiger partial charge in [-0.25, -0.2) is 0 Å². The number of aryl methyl sites for hydroxylation is 2. The Morgan fingerprint density at radius 1 is 1.47 bits per heavy atom. The molecule has 0 radical (unpaired) electrons. The predicted molar refractivity (Wildman–Crippen MR) is 68.3 cm³/mol. The van der Waals surface area contributed by atoms with Gasteiger partial charge in [0.05, 0.1) is 6.42 Å². The molecule has 0 amide bonds. The van der Waals surface area contributed by atoms with Gasteiger partial charge in [0, 0.05) is 0 Å². The van der Waals surface area contributed by atoms with Crippen molar-refractivity contribution in [2.45, 2.75) is 45.4 Å². The highest BCUT2D eigenvalue weighted by molar-refractivity contribution is 5.68. The zero-order chi connectivity index (χ0) is 12.4. The fourth-order valence-corrected chi connectivity index (χ4v) is 2.53. The van der Waals surface area contributed by atoms with E-state index in [0.717, 1.165) is 6.42 Å². The first-order valence-corrected chi connectivity index (χ1v) is 6.43. The van der Waals surface area contributed by atoms with Crippen LogP contribution in [0.1, 0.15) is 48.8 Å². The van der Waals surface area contributed by atoms with Gasteiger partial charge in [-0.3, -0.25) is 4.79 Å². The van der Waals surface area contributed by atoms with Crippen molar-refractivity contribution in [3.63, 3.8) is 0 Å². The summed E-state index contributed by atoms with van der Waals surface area (Å²) < 4.78 is 0. The molecule has 17 heavy (non-hydrogen) atoms. The van der Waals surface area contributed by atoms with E-state index in [-0.39, 0.29) is 12.3 Å². The molecule has 1 aromatic rings. The third-order valence-electron chi connectivity index (χ3n) is 3.74. The minimum absolute atomic E-state index is 0.221. The topological polar surface area (TPSA) is 37.3 Å². The lowest BCUT2D eigenvalue weighted by atomic mass is 9.86. The molecule has 1 aliphatic carbocycles. The van der Waals surface area contributed by atoms with Gasteiger partial charge in [0.25, 0.3) is 0 Å². The Balaban J connectivity index is 2.30. The summed E-state index contributed by atoms with van der Waals surface area (Å²) in [5.41, 5.74) is 3.80. The molecule has 2 rings (SSSR count). The maximum atomic E-state index is 11.0. The first-order chi connectivity index (χ1) is 8.11. The van der Waals surface area contributed by atoms with Gasteiger partial charge in [-0.1, -0.05) is 25.1 Å². The zero-order valence-corrected chi connectivity index (χ0v) is 10.6. The van der Waals surface area contributed by atoms with Crippen LogP contribution in [0.5, 0.6) is 0 Å². The van der Waals surface area contributed by atoms with Gasteiger partial charge < -0.3 is 5.11 Å². The van der Waals surface area contributed by atoms with Crippen LogP contribution in [0.2, 0.25) is 0 Å². The molecule has 0 aliphatic heterocycles. The van der Waals surface area contributed by atoms with Crippen molar-refractivity contribution in [2.24, 2.45) is 5.92 Å². The molecular weight excluding hydrogens is 212 g/mol. The van der Waals surface area contributed by atoms with E-state index < -0.39 is 5.97 Å². The van der Waals surface area contributed by atoms with Gasteiger partial charge in [0.2, 0.25) is 0 Å². The smallest absolute Gasteiger partial charge is 0.303 e. The number of rotatable bonds is 5. The quantitative estimate of drug-likeness (QED) is 0.843. The Hall–Kier alpha value is -1.31. The number of hydrogen-bond acceptors (Lipinski definition) is 1. The third-order valence-corrected chi connectivity index (χ3v) is 3.74. The summed E-state index contributed by atoms with van der Waals surface area (Å²) >= 11 is 0. The zero-order valence-electron chi connectivity index (χ0n) is 10.6. The Morgan fingerprint density at radius 3 is 2.71 bits per heavy atom. The van der Waals surface area contributed by atoms with Crippen molar-refractivity contribution in [1.82, 2.24) is 0 Å². The maximum Gasteiger partial charge on any atom is 0.303 e. The van der Waals surface area contributed by atoms with Crippen LogP contribution in [-0.2, 0) is 11.2 Å². The first kappa shape index (κ1) is 12.2. The van der Waals surface area contributed by atoms with Crippen molar-refractivity contribution < 1.29 is 9.90 Å². The van der Waals surface area contributed by atoms with Gasteiger partial charge in [0.15, 0.2) is 0 Å². The predicted octanol–water partition coefficient (Wildman–Crippen LogP) is 3.53. The molecule has 1 atom stereocenters. The Bertz CT molecular complexity index is 419. The number of aliphatic carboxylic acids is 1. The van der Waals surface area contributed by atoms with Gasteiger partial charge in [0.1, 0.15) is 0 Å². The van der Waals surface area contributed by atoms with Crippen LogP contribution >= 0.6 is 0 Å². The van der Waals surface area contributed by atoms with Gasteiger partial charge in [-0.05, 0) is 54.7 Å². The standard InChI is InChI=1S/C15H20O2/c1-3-11-5-4-10(2)13(8-11)14(9-15(16)17)12-6-7-12/h4-5,8,12,14H,3,6-7,9H2,1-2H3,(H,16,17). The second-order valence-electron chi connectivity index (χ2n) is 5.09. The fraction of sp³-hybridized carbons (Fsp3) is 0.533. The minimum atomic E-state index is -0.678. The van der Waals surface area contributed by atoms with Crippen molar-refractivity contribution in [3.05, 3.63) is 34.9 Å². The lowest BCUT2D eigenvalue weighted by Gasteiger charge is -2.18. The third kappa shape index (κ3) is 2.87. The minimum Gasteiger partial charge on any atom is -0.481 e. The van der Waals surface area contributed by atoms with Crippen LogP contribution in [0.3, 0.4) is 0 Å². The molecule has 1 saturated carbocycles. The molecule has 2 nitrogen and oxygen atoms in total. The number of benzene rings is 1. The number of carboxylic acid groups (broad SMARTS) is 1. The second-order valence-corrected chi connectivity index (χ2v) is 5.09. The van der Waals surface area contributed by atoms with Crippen molar-refractivity contribution in [2.75, 3.05) is 0 Å². The summed E-state index contributed by atoms with van der Waals surface area (Å²) in [6.07, 6.45) is 3.66. The average Bonchev–Trinajstić information content (AvgIpc) is 3.10. The number of carbonyl (C=O) groups is 1. The highest BCUT2D eigenvalue weighted by Gasteiger charge is 2.34. The molecule has 1 aliphatic rings. The number of carboxylic acids is 1.